The van der Waals surface area contributed by atoms with Crippen LogP contribution >= 0.6 is 0 Å². The number of hydrogen-bond acceptors (Lipinski definition) is 6. The Hall–Kier alpha value is -3.07. The summed E-state index contributed by atoms with van der Waals surface area (Å²) in [4.78, 5) is 37.4. The van der Waals surface area contributed by atoms with Crippen molar-refractivity contribution >= 4 is 28.5 Å². The smallest absolute Gasteiger partial charge is 0.322 e. The SMILES string of the molecule is Cn1c(=O)c(C(=O)NCC(=O)O)c(O)c2ccc(N3CCOCC3)cc21. The number of aryl methyl sites for hydroxylation is 1. The van der Waals surface area contributed by atoms with Gasteiger partial charge in [-0.15, -0.1) is 0 Å². The van der Waals surface area contributed by atoms with Crippen LogP contribution in [0.25, 0.3) is 10.9 Å². The Kier molecular flexibility index (Phi) is 4.81. The summed E-state index contributed by atoms with van der Waals surface area (Å²) in [6.07, 6.45) is 0. The molecule has 1 aliphatic rings. The summed E-state index contributed by atoms with van der Waals surface area (Å²) in [5, 5.41) is 21.5. The zero-order valence-electron chi connectivity index (χ0n) is 14.2. The molecule has 3 N–H and O–H groups in total. The summed E-state index contributed by atoms with van der Waals surface area (Å²) in [6, 6.07) is 5.22. The number of fused-ring (bicyclic) bond motifs is 1. The van der Waals surface area contributed by atoms with Crippen LogP contribution in [0, 0.1) is 0 Å². The average molecular weight is 361 g/mol. The number of carboxylic acid groups (broad SMARTS) is 1. The predicted octanol–water partition coefficient (Wildman–Crippen LogP) is -0.105. The number of nitrogens with one attached hydrogen (secondary N) is 1. The van der Waals surface area contributed by atoms with Crippen LogP contribution in [-0.2, 0) is 16.6 Å². The maximum Gasteiger partial charge on any atom is 0.322 e. The molecule has 0 atom stereocenters. The quantitative estimate of drug-likeness (QED) is 0.695. The van der Waals surface area contributed by atoms with E-state index in [0.717, 1.165) is 18.8 Å². The van der Waals surface area contributed by atoms with Crippen molar-refractivity contribution in [2.75, 3.05) is 37.7 Å². The second-order valence-electron chi connectivity index (χ2n) is 5.97. The van der Waals surface area contributed by atoms with Crippen molar-refractivity contribution < 1.29 is 24.5 Å². The Bertz CT molecular complexity index is 930. The highest BCUT2D eigenvalue weighted by atomic mass is 16.5. The molecule has 0 spiro atoms. The van der Waals surface area contributed by atoms with Crippen LogP contribution in [-0.4, -0.2) is 59.5 Å². The van der Waals surface area contributed by atoms with E-state index in [9.17, 15) is 19.5 Å². The molecule has 1 fully saturated rings. The standard InChI is InChI=1S/C17H19N3O6/c1-19-12-8-10(20-4-6-26-7-5-20)2-3-11(12)15(23)14(17(19)25)16(24)18-9-13(21)22/h2-3,8,23H,4-7,9H2,1H3,(H,18,24)(H,21,22). The lowest BCUT2D eigenvalue weighted by molar-refractivity contribution is -0.135. The van der Waals surface area contributed by atoms with Gasteiger partial charge in [0.2, 0.25) is 0 Å². The molecule has 0 unspecified atom stereocenters. The maximum atomic E-state index is 12.5. The number of carbonyl (C=O) groups excluding carboxylic acids is 1. The van der Waals surface area contributed by atoms with E-state index in [2.05, 4.69) is 10.2 Å². The van der Waals surface area contributed by atoms with Crippen LogP contribution in [0.3, 0.4) is 0 Å². The molecule has 1 aromatic carbocycles. The van der Waals surface area contributed by atoms with Gasteiger partial charge in [-0.05, 0) is 18.2 Å². The first kappa shape index (κ1) is 17.7. The topological polar surface area (TPSA) is 121 Å². The van der Waals surface area contributed by atoms with Crippen molar-refractivity contribution in [2.24, 2.45) is 7.05 Å². The Morgan fingerprint density at radius 2 is 1.96 bits per heavy atom. The minimum atomic E-state index is -1.24. The van der Waals surface area contributed by atoms with Crippen LogP contribution in [0.1, 0.15) is 10.4 Å². The number of benzene rings is 1. The van der Waals surface area contributed by atoms with Crippen molar-refractivity contribution in [3.05, 3.63) is 34.1 Å². The summed E-state index contributed by atoms with van der Waals surface area (Å²) in [6.45, 7) is 2.04. The molecule has 138 valence electrons. The number of aromatic nitrogens is 1. The molecule has 0 saturated carbocycles. The van der Waals surface area contributed by atoms with E-state index >= 15 is 0 Å². The Morgan fingerprint density at radius 1 is 1.27 bits per heavy atom. The Labute approximate surface area is 148 Å². The first-order chi connectivity index (χ1) is 12.4. The molecule has 2 aromatic rings. The largest absolute Gasteiger partial charge is 0.506 e. The lowest BCUT2D eigenvalue weighted by Crippen LogP contribution is -2.36. The van der Waals surface area contributed by atoms with E-state index in [1.165, 1.54) is 11.6 Å². The highest BCUT2D eigenvalue weighted by Crippen LogP contribution is 2.29. The fraction of sp³-hybridized carbons (Fsp3) is 0.353. The molecule has 0 radical (unpaired) electrons. The minimum absolute atomic E-state index is 0.338. The highest BCUT2D eigenvalue weighted by Gasteiger charge is 2.22. The number of hydrogen-bond donors (Lipinski definition) is 3. The van der Waals surface area contributed by atoms with Crippen molar-refractivity contribution in [1.82, 2.24) is 9.88 Å². The third kappa shape index (κ3) is 3.21. The normalized spacial score (nSPS) is 14.4. The highest BCUT2D eigenvalue weighted by molar-refractivity contribution is 6.03. The fourth-order valence-corrected chi connectivity index (χ4v) is 2.98. The minimum Gasteiger partial charge on any atom is -0.506 e. The zero-order chi connectivity index (χ0) is 18.8. The lowest BCUT2D eigenvalue weighted by atomic mass is 10.1. The lowest BCUT2D eigenvalue weighted by Gasteiger charge is -2.29. The van der Waals surface area contributed by atoms with Gasteiger partial charge in [0.05, 0.1) is 18.7 Å². The van der Waals surface area contributed by atoms with Crippen molar-refractivity contribution in [2.45, 2.75) is 0 Å². The van der Waals surface area contributed by atoms with Gasteiger partial charge >= 0.3 is 5.97 Å². The number of anilines is 1. The van der Waals surface area contributed by atoms with Crippen molar-refractivity contribution in [1.29, 1.82) is 0 Å². The summed E-state index contributed by atoms with van der Waals surface area (Å²) in [7, 11) is 1.50. The number of pyridine rings is 1. The van der Waals surface area contributed by atoms with Crippen LogP contribution in [0.5, 0.6) is 5.75 Å². The van der Waals surface area contributed by atoms with Crippen LogP contribution in [0.4, 0.5) is 5.69 Å². The first-order valence-corrected chi connectivity index (χ1v) is 8.08. The second kappa shape index (κ2) is 7.04. The van der Waals surface area contributed by atoms with Gasteiger partial charge in [-0.2, -0.15) is 0 Å². The number of amides is 1. The van der Waals surface area contributed by atoms with Gasteiger partial charge in [0.15, 0.2) is 0 Å². The number of aromatic hydroxyl groups is 1. The summed E-state index contributed by atoms with van der Waals surface area (Å²) in [5.41, 5.74) is 0.196. The molecule has 1 aromatic heterocycles. The number of morpholine rings is 1. The fourth-order valence-electron chi connectivity index (χ4n) is 2.98. The third-order valence-corrected chi connectivity index (χ3v) is 4.36. The van der Waals surface area contributed by atoms with E-state index in [1.54, 1.807) is 18.2 Å². The maximum absolute atomic E-state index is 12.5. The molecular formula is C17H19N3O6. The van der Waals surface area contributed by atoms with Gasteiger partial charge in [-0.3, -0.25) is 14.4 Å². The Morgan fingerprint density at radius 3 is 2.62 bits per heavy atom. The molecule has 2 heterocycles. The molecule has 1 amide bonds. The molecule has 3 rings (SSSR count). The van der Waals surface area contributed by atoms with E-state index < -0.39 is 35.3 Å². The average Bonchev–Trinajstić information content (AvgIpc) is 2.65. The molecule has 1 aliphatic heterocycles. The summed E-state index contributed by atoms with van der Waals surface area (Å²) < 4.78 is 6.60. The monoisotopic (exact) mass is 361 g/mol. The Balaban J connectivity index is 2.06. The van der Waals surface area contributed by atoms with E-state index in [4.69, 9.17) is 9.84 Å². The van der Waals surface area contributed by atoms with Gasteiger partial charge in [-0.1, -0.05) is 0 Å². The van der Waals surface area contributed by atoms with E-state index in [1.807, 2.05) is 0 Å². The molecule has 9 nitrogen and oxygen atoms in total. The second-order valence-corrected chi connectivity index (χ2v) is 5.97. The van der Waals surface area contributed by atoms with Crippen molar-refractivity contribution in [3.63, 3.8) is 0 Å². The van der Waals surface area contributed by atoms with Gasteiger partial charge in [0.25, 0.3) is 11.5 Å². The van der Waals surface area contributed by atoms with Crippen molar-refractivity contribution in [3.8, 4) is 5.75 Å². The van der Waals surface area contributed by atoms with Gasteiger partial charge < -0.3 is 29.7 Å². The number of carbonyl (C=O) groups is 2. The molecule has 0 bridgehead atoms. The molecule has 26 heavy (non-hydrogen) atoms. The number of ether oxygens (including phenoxy) is 1. The molecule has 1 saturated heterocycles. The molecule has 9 heteroatoms. The predicted molar refractivity (Wildman–Crippen MR) is 93.9 cm³/mol. The first-order valence-electron chi connectivity index (χ1n) is 8.08. The van der Waals surface area contributed by atoms with E-state index in [-0.39, 0.29) is 0 Å². The number of aliphatic carboxylic acids is 1. The van der Waals surface area contributed by atoms with Gasteiger partial charge in [0.1, 0.15) is 17.9 Å². The molecule has 0 aliphatic carbocycles. The summed E-state index contributed by atoms with van der Waals surface area (Å²) in [5.74, 6) is -2.63. The van der Waals surface area contributed by atoms with Gasteiger partial charge in [0, 0.05) is 31.2 Å². The molecular weight excluding hydrogens is 342 g/mol. The van der Waals surface area contributed by atoms with Crippen LogP contribution in [0.2, 0.25) is 0 Å². The van der Waals surface area contributed by atoms with Gasteiger partial charge in [-0.25, -0.2) is 0 Å². The number of nitrogens with zero attached hydrogens (tertiary/aromatic N) is 2. The van der Waals surface area contributed by atoms with Crippen LogP contribution < -0.4 is 15.8 Å². The zero-order valence-corrected chi connectivity index (χ0v) is 14.2. The van der Waals surface area contributed by atoms with Crippen LogP contribution in [0.15, 0.2) is 23.0 Å². The number of rotatable bonds is 4. The number of carboxylic acids is 1. The third-order valence-electron chi connectivity index (χ3n) is 4.36. The van der Waals surface area contributed by atoms with E-state index in [0.29, 0.717) is 24.1 Å². The summed E-state index contributed by atoms with van der Waals surface area (Å²) >= 11 is 0.